The van der Waals surface area contributed by atoms with Crippen LogP contribution in [-0.2, 0) is 4.79 Å². The molecule has 1 fully saturated rings. The average molecular weight is 338 g/mol. The van der Waals surface area contributed by atoms with Gasteiger partial charge in [-0.1, -0.05) is 12.5 Å². The van der Waals surface area contributed by atoms with Crippen molar-refractivity contribution in [3.05, 3.63) is 54.4 Å². The van der Waals surface area contributed by atoms with Gasteiger partial charge < -0.3 is 16.4 Å². The first-order chi connectivity index (χ1) is 12.2. The summed E-state index contributed by atoms with van der Waals surface area (Å²) in [6, 6.07) is 10.4. The van der Waals surface area contributed by atoms with Crippen LogP contribution in [0.1, 0.15) is 29.6 Å². The van der Waals surface area contributed by atoms with Crippen LogP contribution in [0.5, 0.6) is 0 Å². The average Bonchev–Trinajstić information content (AvgIpc) is 3.11. The number of rotatable bonds is 5. The van der Waals surface area contributed by atoms with Crippen LogP contribution in [0.15, 0.2) is 48.8 Å². The molecule has 4 N–H and O–H groups in total. The summed E-state index contributed by atoms with van der Waals surface area (Å²) < 4.78 is 0. The summed E-state index contributed by atoms with van der Waals surface area (Å²) in [6.07, 6.45) is 6.08. The normalized spacial score (nSPS) is 19.4. The van der Waals surface area contributed by atoms with E-state index < -0.39 is 0 Å². The standard InChI is InChI=1S/C19H22N4O2/c20-12-14-3-1-6-17(14)19(25)23-16-5-2-4-15(11-16)22-18(24)13-7-9-21-10-8-13/h2,4-5,7-11,14,17H,1,3,6,12,20H2,(H,22,24)(H,23,25)/t14-,17-/m1/s1. The van der Waals surface area contributed by atoms with E-state index >= 15 is 0 Å². The fourth-order valence-corrected chi connectivity index (χ4v) is 3.28. The summed E-state index contributed by atoms with van der Waals surface area (Å²) in [4.78, 5) is 28.6. The molecular weight excluding hydrogens is 316 g/mol. The molecule has 2 aromatic rings. The van der Waals surface area contributed by atoms with Crippen molar-refractivity contribution in [3.8, 4) is 0 Å². The molecule has 0 bridgehead atoms. The van der Waals surface area contributed by atoms with Crippen LogP contribution < -0.4 is 16.4 Å². The number of nitrogens with one attached hydrogen (secondary N) is 2. The third-order valence-electron chi connectivity index (χ3n) is 4.63. The topological polar surface area (TPSA) is 97.1 Å². The number of nitrogens with zero attached hydrogens (tertiary/aromatic N) is 1. The maximum Gasteiger partial charge on any atom is 0.255 e. The van der Waals surface area contributed by atoms with Crippen LogP contribution in [0.2, 0.25) is 0 Å². The summed E-state index contributed by atoms with van der Waals surface area (Å²) in [5, 5.41) is 5.77. The minimum Gasteiger partial charge on any atom is -0.330 e. The minimum absolute atomic E-state index is 0.00515. The zero-order valence-corrected chi connectivity index (χ0v) is 13.9. The van der Waals surface area contributed by atoms with Crippen LogP contribution in [0, 0.1) is 11.8 Å². The van der Waals surface area contributed by atoms with Crippen molar-refractivity contribution in [2.24, 2.45) is 17.6 Å². The number of anilines is 2. The number of carbonyl (C=O) groups excluding carboxylic acids is 2. The molecule has 1 aromatic carbocycles. The quantitative estimate of drug-likeness (QED) is 0.781. The van der Waals surface area contributed by atoms with Crippen LogP contribution in [0.25, 0.3) is 0 Å². The highest BCUT2D eigenvalue weighted by atomic mass is 16.2. The van der Waals surface area contributed by atoms with Gasteiger partial charge in [0.15, 0.2) is 0 Å². The lowest BCUT2D eigenvalue weighted by molar-refractivity contribution is -0.120. The fraction of sp³-hybridized carbons (Fsp3) is 0.316. The Morgan fingerprint density at radius 3 is 2.52 bits per heavy atom. The first kappa shape index (κ1) is 17.1. The molecule has 1 aliphatic rings. The lowest BCUT2D eigenvalue weighted by Gasteiger charge is -2.17. The zero-order chi connectivity index (χ0) is 17.6. The van der Waals surface area contributed by atoms with Crippen LogP contribution in [0.4, 0.5) is 11.4 Å². The molecule has 1 heterocycles. The van der Waals surface area contributed by atoms with Gasteiger partial charge in [0.25, 0.3) is 5.91 Å². The highest BCUT2D eigenvalue weighted by Crippen LogP contribution is 2.32. The van der Waals surface area contributed by atoms with Gasteiger partial charge >= 0.3 is 0 Å². The Morgan fingerprint density at radius 2 is 1.80 bits per heavy atom. The molecule has 0 radical (unpaired) electrons. The molecule has 1 aromatic heterocycles. The highest BCUT2D eigenvalue weighted by molar-refractivity contribution is 6.04. The van der Waals surface area contributed by atoms with E-state index in [0.717, 1.165) is 19.3 Å². The number of aromatic nitrogens is 1. The first-order valence-corrected chi connectivity index (χ1v) is 8.50. The summed E-state index contributed by atoms with van der Waals surface area (Å²) in [5.41, 5.74) is 7.58. The van der Waals surface area contributed by atoms with E-state index in [1.54, 1.807) is 42.7 Å². The second-order valence-corrected chi connectivity index (χ2v) is 6.29. The van der Waals surface area contributed by atoms with Crippen LogP contribution in [-0.4, -0.2) is 23.3 Å². The van der Waals surface area contributed by atoms with Gasteiger partial charge in [0.05, 0.1) is 0 Å². The fourth-order valence-electron chi connectivity index (χ4n) is 3.28. The number of benzene rings is 1. The third kappa shape index (κ3) is 4.22. The molecule has 1 saturated carbocycles. The third-order valence-corrected chi connectivity index (χ3v) is 4.63. The van der Waals surface area contributed by atoms with Crippen LogP contribution >= 0.6 is 0 Å². The number of carbonyl (C=O) groups is 2. The van der Waals surface area contributed by atoms with Crippen molar-refractivity contribution in [3.63, 3.8) is 0 Å². The summed E-state index contributed by atoms with van der Waals surface area (Å²) in [6.45, 7) is 0.542. The van der Waals surface area contributed by atoms with E-state index in [9.17, 15) is 9.59 Å². The van der Waals surface area contributed by atoms with E-state index in [4.69, 9.17) is 5.73 Å². The summed E-state index contributed by atoms with van der Waals surface area (Å²) in [7, 11) is 0. The Balaban J connectivity index is 1.65. The van der Waals surface area contributed by atoms with E-state index in [1.165, 1.54) is 0 Å². The molecule has 0 spiro atoms. The second-order valence-electron chi connectivity index (χ2n) is 6.29. The number of pyridine rings is 1. The van der Waals surface area contributed by atoms with E-state index in [1.807, 2.05) is 6.07 Å². The van der Waals surface area contributed by atoms with Crippen molar-refractivity contribution in [1.82, 2.24) is 4.98 Å². The molecule has 6 nitrogen and oxygen atoms in total. The van der Waals surface area contributed by atoms with Gasteiger partial charge in [0, 0.05) is 35.2 Å². The Hall–Kier alpha value is -2.73. The molecule has 0 unspecified atom stereocenters. The van der Waals surface area contributed by atoms with Gasteiger partial charge in [-0.2, -0.15) is 0 Å². The molecule has 2 amide bonds. The molecule has 3 rings (SSSR count). The molecule has 25 heavy (non-hydrogen) atoms. The van der Waals surface area contributed by atoms with Gasteiger partial charge in [0.2, 0.25) is 5.91 Å². The lowest BCUT2D eigenvalue weighted by atomic mass is 9.95. The Bertz CT molecular complexity index is 748. The summed E-state index contributed by atoms with van der Waals surface area (Å²) >= 11 is 0. The van der Waals surface area contributed by atoms with Gasteiger partial charge in [0.1, 0.15) is 0 Å². The van der Waals surface area contributed by atoms with Gasteiger partial charge in [-0.3, -0.25) is 14.6 Å². The predicted molar refractivity (Wildman–Crippen MR) is 97.1 cm³/mol. The molecule has 6 heteroatoms. The van der Waals surface area contributed by atoms with Crippen molar-refractivity contribution in [2.75, 3.05) is 17.2 Å². The Labute approximate surface area is 146 Å². The van der Waals surface area contributed by atoms with Gasteiger partial charge in [-0.15, -0.1) is 0 Å². The van der Waals surface area contributed by atoms with Crippen molar-refractivity contribution < 1.29 is 9.59 Å². The number of nitrogens with two attached hydrogens (primary N) is 1. The second kappa shape index (κ2) is 7.90. The molecule has 130 valence electrons. The molecule has 1 aliphatic carbocycles. The molecule has 0 aliphatic heterocycles. The van der Waals surface area contributed by atoms with Crippen LogP contribution in [0.3, 0.4) is 0 Å². The first-order valence-electron chi connectivity index (χ1n) is 8.50. The van der Waals surface area contributed by atoms with Gasteiger partial charge in [-0.25, -0.2) is 0 Å². The predicted octanol–water partition coefficient (Wildman–Crippen LogP) is 2.65. The highest BCUT2D eigenvalue weighted by Gasteiger charge is 2.31. The Morgan fingerprint density at radius 1 is 1.08 bits per heavy atom. The van der Waals surface area contributed by atoms with E-state index in [2.05, 4.69) is 15.6 Å². The van der Waals surface area contributed by atoms with E-state index in [0.29, 0.717) is 23.5 Å². The van der Waals surface area contributed by atoms with E-state index in [-0.39, 0.29) is 23.7 Å². The van der Waals surface area contributed by atoms with Crippen molar-refractivity contribution in [2.45, 2.75) is 19.3 Å². The number of amides is 2. The monoisotopic (exact) mass is 338 g/mol. The zero-order valence-electron chi connectivity index (χ0n) is 13.9. The number of hydrogen-bond acceptors (Lipinski definition) is 4. The molecule has 0 saturated heterocycles. The maximum atomic E-state index is 12.5. The lowest BCUT2D eigenvalue weighted by Crippen LogP contribution is -2.29. The van der Waals surface area contributed by atoms with Crippen molar-refractivity contribution in [1.29, 1.82) is 0 Å². The molecular formula is C19H22N4O2. The number of hydrogen-bond donors (Lipinski definition) is 3. The summed E-state index contributed by atoms with van der Waals surface area (Å²) in [5.74, 6) is 0.0186. The van der Waals surface area contributed by atoms with Gasteiger partial charge in [-0.05, 0) is 55.6 Å². The smallest absolute Gasteiger partial charge is 0.255 e. The molecule has 2 atom stereocenters. The minimum atomic E-state index is -0.218. The maximum absolute atomic E-state index is 12.5. The van der Waals surface area contributed by atoms with Crippen molar-refractivity contribution >= 4 is 23.2 Å². The SMILES string of the molecule is NC[C@H]1CCC[C@H]1C(=O)Nc1cccc(NC(=O)c2ccncc2)c1. The Kier molecular flexibility index (Phi) is 5.40. The largest absolute Gasteiger partial charge is 0.330 e.